The molecule has 0 aliphatic carbocycles. The first-order chi connectivity index (χ1) is 8.75. The van der Waals surface area contributed by atoms with E-state index in [9.17, 15) is 4.79 Å². The van der Waals surface area contributed by atoms with Gasteiger partial charge in [0.25, 0.3) is 0 Å². The molecule has 0 radical (unpaired) electrons. The van der Waals surface area contributed by atoms with Gasteiger partial charge in [0.05, 0.1) is 6.54 Å². The van der Waals surface area contributed by atoms with Gasteiger partial charge in [-0.2, -0.15) is 5.10 Å². The molecule has 2 heterocycles. The van der Waals surface area contributed by atoms with Gasteiger partial charge in [-0.3, -0.25) is 14.9 Å². The van der Waals surface area contributed by atoms with E-state index in [1.54, 1.807) is 24.3 Å². The number of rotatable bonds is 5. The molecule has 2 aromatic rings. The van der Waals surface area contributed by atoms with E-state index < -0.39 is 0 Å². The molecule has 0 aliphatic heterocycles. The van der Waals surface area contributed by atoms with E-state index in [1.165, 1.54) is 6.33 Å². The maximum Gasteiger partial charge on any atom is 0.223 e. The predicted octanol–water partition coefficient (Wildman–Crippen LogP) is 0.791. The van der Waals surface area contributed by atoms with Crippen LogP contribution in [-0.2, 0) is 17.8 Å². The van der Waals surface area contributed by atoms with E-state index in [0.717, 1.165) is 5.56 Å². The summed E-state index contributed by atoms with van der Waals surface area (Å²) in [4.78, 5) is 21.5. The zero-order valence-electron chi connectivity index (χ0n) is 10.2. The standard InChI is InChI=1S/C12H15N5O/c1-17(8-11-14-9-15-16-11)12(18)5-4-10-3-2-6-13-7-10/h2-3,6-7,9H,4-5,8H2,1H3,(H,14,15,16). The number of nitrogens with zero attached hydrogens (tertiary/aromatic N) is 4. The smallest absolute Gasteiger partial charge is 0.223 e. The van der Waals surface area contributed by atoms with Crippen molar-refractivity contribution in [2.45, 2.75) is 19.4 Å². The molecule has 0 saturated heterocycles. The average Bonchev–Trinajstić information content (AvgIpc) is 2.90. The second-order valence-electron chi connectivity index (χ2n) is 4.04. The predicted molar refractivity (Wildman–Crippen MR) is 65.4 cm³/mol. The largest absolute Gasteiger partial charge is 0.338 e. The number of amides is 1. The zero-order chi connectivity index (χ0) is 12.8. The Balaban J connectivity index is 1.81. The van der Waals surface area contributed by atoms with Crippen LogP contribution in [0, 0.1) is 0 Å². The molecule has 0 atom stereocenters. The number of pyridine rings is 1. The fourth-order valence-corrected chi connectivity index (χ4v) is 1.61. The molecule has 6 heteroatoms. The monoisotopic (exact) mass is 245 g/mol. The molecule has 1 amide bonds. The first kappa shape index (κ1) is 12.2. The lowest BCUT2D eigenvalue weighted by Gasteiger charge is -2.15. The van der Waals surface area contributed by atoms with Gasteiger partial charge in [-0.1, -0.05) is 6.07 Å². The second-order valence-corrected chi connectivity index (χ2v) is 4.04. The molecule has 0 aliphatic rings. The average molecular weight is 245 g/mol. The van der Waals surface area contributed by atoms with Crippen LogP contribution in [0.15, 0.2) is 30.9 Å². The Morgan fingerprint density at radius 1 is 1.50 bits per heavy atom. The first-order valence-electron chi connectivity index (χ1n) is 5.73. The Morgan fingerprint density at radius 2 is 2.39 bits per heavy atom. The van der Waals surface area contributed by atoms with Gasteiger partial charge in [0.15, 0.2) is 0 Å². The first-order valence-corrected chi connectivity index (χ1v) is 5.73. The van der Waals surface area contributed by atoms with Crippen LogP contribution in [0.1, 0.15) is 17.8 Å². The highest BCUT2D eigenvalue weighted by Crippen LogP contribution is 2.04. The Hall–Kier alpha value is -2.24. The third-order valence-corrected chi connectivity index (χ3v) is 2.63. The fraction of sp³-hybridized carbons (Fsp3) is 0.333. The molecule has 18 heavy (non-hydrogen) atoms. The van der Waals surface area contributed by atoms with E-state index in [-0.39, 0.29) is 5.91 Å². The van der Waals surface area contributed by atoms with Crippen LogP contribution >= 0.6 is 0 Å². The number of carbonyl (C=O) groups excluding carboxylic acids is 1. The number of hydrogen-bond donors (Lipinski definition) is 1. The normalized spacial score (nSPS) is 10.3. The number of aryl methyl sites for hydroxylation is 1. The quantitative estimate of drug-likeness (QED) is 0.845. The van der Waals surface area contributed by atoms with Crippen LogP contribution in [-0.4, -0.2) is 38.0 Å². The van der Waals surface area contributed by atoms with E-state index in [0.29, 0.717) is 25.2 Å². The number of carbonyl (C=O) groups is 1. The summed E-state index contributed by atoms with van der Waals surface area (Å²) in [6.45, 7) is 0.450. The lowest BCUT2D eigenvalue weighted by molar-refractivity contribution is -0.130. The highest BCUT2D eigenvalue weighted by molar-refractivity contribution is 5.76. The van der Waals surface area contributed by atoms with Crippen molar-refractivity contribution in [3.63, 3.8) is 0 Å². The van der Waals surface area contributed by atoms with Gasteiger partial charge in [0.1, 0.15) is 12.2 Å². The number of H-pyrrole nitrogens is 1. The molecule has 2 rings (SSSR count). The minimum atomic E-state index is 0.0789. The van der Waals surface area contributed by atoms with Crippen LogP contribution < -0.4 is 0 Å². The highest BCUT2D eigenvalue weighted by atomic mass is 16.2. The van der Waals surface area contributed by atoms with Gasteiger partial charge in [-0.15, -0.1) is 0 Å². The molecule has 94 valence electrons. The maximum absolute atomic E-state index is 11.9. The van der Waals surface area contributed by atoms with Crippen molar-refractivity contribution < 1.29 is 4.79 Å². The van der Waals surface area contributed by atoms with Crippen molar-refractivity contribution in [2.24, 2.45) is 0 Å². The SMILES string of the molecule is CN(Cc1ncn[nH]1)C(=O)CCc1cccnc1. The Labute approximate surface area is 105 Å². The van der Waals surface area contributed by atoms with Crippen molar-refractivity contribution in [3.05, 3.63) is 42.2 Å². The van der Waals surface area contributed by atoms with Crippen LogP contribution in [0.3, 0.4) is 0 Å². The van der Waals surface area contributed by atoms with E-state index in [2.05, 4.69) is 20.2 Å². The number of hydrogen-bond acceptors (Lipinski definition) is 4. The van der Waals surface area contributed by atoms with E-state index >= 15 is 0 Å². The third-order valence-electron chi connectivity index (χ3n) is 2.63. The van der Waals surface area contributed by atoms with Crippen molar-refractivity contribution in [2.75, 3.05) is 7.05 Å². The Bertz CT molecular complexity index is 482. The highest BCUT2D eigenvalue weighted by Gasteiger charge is 2.10. The topological polar surface area (TPSA) is 74.8 Å². The molecule has 0 spiro atoms. The van der Waals surface area contributed by atoms with E-state index in [1.807, 2.05) is 12.1 Å². The maximum atomic E-state index is 11.9. The van der Waals surface area contributed by atoms with Gasteiger partial charge in [-0.05, 0) is 18.1 Å². The Kier molecular flexibility index (Phi) is 4.01. The number of aromatic nitrogens is 4. The van der Waals surface area contributed by atoms with Crippen LogP contribution in [0.5, 0.6) is 0 Å². The van der Waals surface area contributed by atoms with Crippen molar-refractivity contribution in [3.8, 4) is 0 Å². The molecule has 0 unspecified atom stereocenters. The zero-order valence-corrected chi connectivity index (χ0v) is 10.2. The summed E-state index contributed by atoms with van der Waals surface area (Å²) in [6, 6.07) is 3.84. The van der Waals surface area contributed by atoms with Crippen molar-refractivity contribution in [1.29, 1.82) is 0 Å². The van der Waals surface area contributed by atoms with Crippen LogP contribution in [0.2, 0.25) is 0 Å². The summed E-state index contributed by atoms with van der Waals surface area (Å²) < 4.78 is 0. The molecule has 6 nitrogen and oxygen atoms in total. The van der Waals surface area contributed by atoms with Crippen LogP contribution in [0.4, 0.5) is 0 Å². The summed E-state index contributed by atoms with van der Waals surface area (Å²) in [7, 11) is 1.76. The molecule has 0 bridgehead atoms. The van der Waals surface area contributed by atoms with Gasteiger partial charge in [-0.25, -0.2) is 4.98 Å². The summed E-state index contributed by atoms with van der Waals surface area (Å²) >= 11 is 0. The van der Waals surface area contributed by atoms with Gasteiger partial charge in [0, 0.05) is 25.9 Å². The lowest BCUT2D eigenvalue weighted by Crippen LogP contribution is -2.26. The van der Waals surface area contributed by atoms with Gasteiger partial charge in [0.2, 0.25) is 5.91 Å². The minimum Gasteiger partial charge on any atom is -0.338 e. The molecular formula is C12H15N5O. The number of aromatic amines is 1. The van der Waals surface area contributed by atoms with Gasteiger partial charge >= 0.3 is 0 Å². The fourth-order valence-electron chi connectivity index (χ4n) is 1.61. The summed E-state index contributed by atoms with van der Waals surface area (Å²) in [5.74, 6) is 0.766. The van der Waals surface area contributed by atoms with Crippen molar-refractivity contribution >= 4 is 5.91 Å². The lowest BCUT2D eigenvalue weighted by atomic mass is 10.1. The van der Waals surface area contributed by atoms with E-state index in [4.69, 9.17) is 0 Å². The van der Waals surface area contributed by atoms with Crippen LogP contribution in [0.25, 0.3) is 0 Å². The third kappa shape index (κ3) is 3.38. The molecule has 1 N–H and O–H groups in total. The number of nitrogens with one attached hydrogen (secondary N) is 1. The summed E-state index contributed by atoms with van der Waals surface area (Å²) in [6.07, 6.45) is 6.11. The Morgan fingerprint density at radius 3 is 3.06 bits per heavy atom. The minimum absolute atomic E-state index is 0.0789. The molecule has 0 saturated carbocycles. The van der Waals surface area contributed by atoms with Gasteiger partial charge < -0.3 is 4.90 Å². The van der Waals surface area contributed by atoms with Crippen molar-refractivity contribution in [1.82, 2.24) is 25.1 Å². The molecule has 0 aromatic carbocycles. The molecule has 0 fully saturated rings. The second kappa shape index (κ2) is 5.90. The summed E-state index contributed by atoms with van der Waals surface area (Å²) in [5, 5.41) is 6.48. The molecule has 2 aromatic heterocycles. The molecular weight excluding hydrogens is 230 g/mol. The summed E-state index contributed by atoms with van der Waals surface area (Å²) in [5.41, 5.74) is 1.07.